The number of rotatable bonds is 1. The summed E-state index contributed by atoms with van der Waals surface area (Å²) >= 11 is 0. The minimum atomic E-state index is 0.477. The molecule has 0 saturated carbocycles. The van der Waals surface area contributed by atoms with Gasteiger partial charge in [-0.15, -0.1) is 0 Å². The van der Waals surface area contributed by atoms with Gasteiger partial charge in [0.05, 0.1) is 6.61 Å². The largest absolute Gasteiger partial charge is 0.381 e. The Balaban J connectivity index is 2.20. The average molecular weight is 197 g/mol. The summed E-state index contributed by atoms with van der Waals surface area (Å²) in [6.07, 6.45) is 1.23. The van der Waals surface area contributed by atoms with Crippen LogP contribution in [0.4, 0.5) is 0 Å². The zero-order valence-electron chi connectivity index (χ0n) is 9.68. The maximum atomic E-state index is 5.71. The fourth-order valence-electron chi connectivity index (χ4n) is 3.11. The van der Waals surface area contributed by atoms with E-state index in [9.17, 15) is 0 Å². The summed E-state index contributed by atoms with van der Waals surface area (Å²) in [4.78, 5) is 0. The van der Waals surface area contributed by atoms with Gasteiger partial charge < -0.3 is 10.1 Å². The van der Waals surface area contributed by atoms with Crippen LogP contribution in [0.3, 0.4) is 0 Å². The van der Waals surface area contributed by atoms with Crippen molar-refractivity contribution in [2.24, 2.45) is 23.2 Å². The lowest BCUT2D eigenvalue weighted by Gasteiger charge is -2.39. The van der Waals surface area contributed by atoms with Crippen LogP contribution in [0.2, 0.25) is 0 Å². The molecule has 2 fully saturated rings. The second-order valence-electron chi connectivity index (χ2n) is 5.51. The van der Waals surface area contributed by atoms with E-state index in [1.165, 1.54) is 13.0 Å². The Morgan fingerprint density at radius 2 is 2.14 bits per heavy atom. The zero-order chi connectivity index (χ0) is 10.2. The van der Waals surface area contributed by atoms with Gasteiger partial charge in [-0.1, -0.05) is 20.8 Å². The van der Waals surface area contributed by atoms with E-state index in [-0.39, 0.29) is 0 Å². The van der Waals surface area contributed by atoms with E-state index < -0.39 is 0 Å². The molecule has 14 heavy (non-hydrogen) atoms. The Bertz CT molecular complexity index is 204. The predicted molar refractivity (Wildman–Crippen MR) is 58.2 cm³/mol. The minimum absolute atomic E-state index is 0.477. The lowest BCUT2D eigenvalue weighted by Crippen LogP contribution is -2.37. The van der Waals surface area contributed by atoms with Gasteiger partial charge >= 0.3 is 0 Å². The monoisotopic (exact) mass is 197 g/mol. The summed E-state index contributed by atoms with van der Waals surface area (Å²) in [7, 11) is 0. The number of nitrogens with one attached hydrogen (secondary N) is 1. The van der Waals surface area contributed by atoms with Crippen molar-refractivity contribution in [2.45, 2.75) is 27.2 Å². The molecule has 82 valence electrons. The Morgan fingerprint density at radius 1 is 1.36 bits per heavy atom. The molecule has 2 nitrogen and oxygen atoms in total. The third-order valence-corrected chi connectivity index (χ3v) is 4.62. The van der Waals surface area contributed by atoms with E-state index in [0.717, 1.165) is 37.5 Å². The van der Waals surface area contributed by atoms with Crippen LogP contribution < -0.4 is 5.32 Å². The van der Waals surface area contributed by atoms with Crippen LogP contribution in [0.15, 0.2) is 0 Å². The van der Waals surface area contributed by atoms with E-state index in [1.54, 1.807) is 0 Å². The highest BCUT2D eigenvalue weighted by Gasteiger charge is 2.44. The molecule has 0 bridgehead atoms. The Hall–Kier alpha value is -0.0800. The smallest absolute Gasteiger partial charge is 0.0509 e. The number of fused-ring (bicyclic) bond motifs is 1. The van der Waals surface area contributed by atoms with Crippen LogP contribution in [0.25, 0.3) is 0 Å². The van der Waals surface area contributed by atoms with Crippen molar-refractivity contribution in [2.75, 3.05) is 26.3 Å². The molecule has 2 heteroatoms. The van der Waals surface area contributed by atoms with E-state index in [0.29, 0.717) is 5.41 Å². The van der Waals surface area contributed by atoms with Gasteiger partial charge in [0.2, 0.25) is 0 Å². The van der Waals surface area contributed by atoms with Crippen molar-refractivity contribution in [1.82, 2.24) is 5.32 Å². The molecule has 0 aromatic heterocycles. The molecule has 0 aromatic carbocycles. The molecule has 2 saturated heterocycles. The van der Waals surface area contributed by atoms with Crippen molar-refractivity contribution >= 4 is 0 Å². The van der Waals surface area contributed by atoms with Gasteiger partial charge in [-0.25, -0.2) is 0 Å². The van der Waals surface area contributed by atoms with Gasteiger partial charge in [0.1, 0.15) is 0 Å². The summed E-state index contributed by atoms with van der Waals surface area (Å²) in [5.41, 5.74) is 0.477. The van der Waals surface area contributed by atoms with Crippen LogP contribution in [-0.2, 0) is 4.74 Å². The van der Waals surface area contributed by atoms with E-state index >= 15 is 0 Å². The van der Waals surface area contributed by atoms with E-state index in [4.69, 9.17) is 4.74 Å². The molecule has 2 aliphatic rings. The maximum absolute atomic E-state index is 5.71. The van der Waals surface area contributed by atoms with Gasteiger partial charge in [-0.05, 0) is 36.1 Å². The molecule has 0 radical (unpaired) electrons. The standard InChI is InChI=1S/C12H23NO/c1-9(2)12(3)4-5-14-8-10-6-13-7-11(10)12/h9-11,13H,4-8H2,1-3H3. The number of hydrogen-bond acceptors (Lipinski definition) is 2. The molecule has 2 aliphatic heterocycles. The van der Waals surface area contributed by atoms with Crippen LogP contribution in [0.5, 0.6) is 0 Å². The highest BCUT2D eigenvalue weighted by Crippen LogP contribution is 2.45. The SMILES string of the molecule is CC(C)C1(C)CCOCC2CNCC21. The highest BCUT2D eigenvalue weighted by atomic mass is 16.5. The molecular formula is C12H23NO. The third-order valence-electron chi connectivity index (χ3n) is 4.62. The lowest BCUT2D eigenvalue weighted by atomic mass is 9.64. The van der Waals surface area contributed by atoms with Crippen molar-refractivity contribution in [3.63, 3.8) is 0 Å². The Kier molecular flexibility index (Phi) is 2.85. The lowest BCUT2D eigenvalue weighted by molar-refractivity contribution is 0.0971. The van der Waals surface area contributed by atoms with Crippen LogP contribution in [0, 0.1) is 23.2 Å². The predicted octanol–water partition coefficient (Wildman–Crippen LogP) is 1.90. The van der Waals surface area contributed by atoms with Gasteiger partial charge in [0, 0.05) is 13.2 Å². The number of hydrogen-bond donors (Lipinski definition) is 1. The van der Waals surface area contributed by atoms with E-state index in [1.807, 2.05) is 0 Å². The summed E-state index contributed by atoms with van der Waals surface area (Å²) in [6.45, 7) is 11.5. The summed E-state index contributed by atoms with van der Waals surface area (Å²) in [5, 5.41) is 3.52. The fraction of sp³-hybridized carbons (Fsp3) is 1.00. The van der Waals surface area contributed by atoms with Gasteiger partial charge in [-0.2, -0.15) is 0 Å². The molecule has 3 atom stereocenters. The van der Waals surface area contributed by atoms with E-state index in [2.05, 4.69) is 26.1 Å². The van der Waals surface area contributed by atoms with Gasteiger partial charge in [0.25, 0.3) is 0 Å². The third kappa shape index (κ3) is 1.59. The summed E-state index contributed by atoms with van der Waals surface area (Å²) in [5.74, 6) is 2.34. The molecule has 0 amide bonds. The maximum Gasteiger partial charge on any atom is 0.0509 e. The topological polar surface area (TPSA) is 21.3 Å². The minimum Gasteiger partial charge on any atom is -0.381 e. The van der Waals surface area contributed by atoms with Crippen molar-refractivity contribution in [3.05, 3.63) is 0 Å². The average Bonchev–Trinajstić information content (AvgIpc) is 2.54. The highest BCUT2D eigenvalue weighted by molar-refractivity contribution is 4.95. The van der Waals surface area contributed by atoms with Crippen molar-refractivity contribution in [1.29, 1.82) is 0 Å². The quantitative estimate of drug-likeness (QED) is 0.693. The van der Waals surface area contributed by atoms with Crippen LogP contribution in [0.1, 0.15) is 27.2 Å². The second kappa shape index (κ2) is 3.82. The molecule has 1 N–H and O–H groups in total. The van der Waals surface area contributed by atoms with Crippen molar-refractivity contribution in [3.8, 4) is 0 Å². The molecular weight excluding hydrogens is 174 g/mol. The second-order valence-corrected chi connectivity index (χ2v) is 5.51. The molecule has 0 aromatic rings. The first-order valence-electron chi connectivity index (χ1n) is 5.93. The molecule has 0 aliphatic carbocycles. The fourth-order valence-corrected chi connectivity index (χ4v) is 3.11. The van der Waals surface area contributed by atoms with Crippen LogP contribution in [-0.4, -0.2) is 26.3 Å². The molecule has 0 spiro atoms. The molecule has 2 rings (SSSR count). The Morgan fingerprint density at radius 3 is 2.86 bits per heavy atom. The van der Waals surface area contributed by atoms with Gasteiger partial charge in [-0.3, -0.25) is 0 Å². The molecule has 3 unspecified atom stereocenters. The number of ether oxygens (including phenoxy) is 1. The molecule has 2 heterocycles. The normalized spacial score (nSPS) is 43.7. The first-order valence-corrected chi connectivity index (χ1v) is 5.93. The Labute approximate surface area is 87.4 Å². The van der Waals surface area contributed by atoms with Crippen molar-refractivity contribution < 1.29 is 4.74 Å². The first kappa shape index (κ1) is 10.4. The summed E-state index contributed by atoms with van der Waals surface area (Å²) < 4.78 is 5.71. The van der Waals surface area contributed by atoms with Crippen LogP contribution >= 0.6 is 0 Å². The summed E-state index contributed by atoms with van der Waals surface area (Å²) in [6, 6.07) is 0. The zero-order valence-corrected chi connectivity index (χ0v) is 9.68. The first-order chi connectivity index (χ1) is 6.64. The van der Waals surface area contributed by atoms with Gasteiger partial charge in [0.15, 0.2) is 0 Å².